The zero-order valence-corrected chi connectivity index (χ0v) is 17.5. The van der Waals surface area contributed by atoms with E-state index in [9.17, 15) is 4.79 Å². The Hall–Kier alpha value is -2.82. The second-order valence-corrected chi connectivity index (χ2v) is 7.60. The predicted octanol–water partition coefficient (Wildman–Crippen LogP) is 3.15. The molecule has 0 aromatic heterocycles. The van der Waals surface area contributed by atoms with Gasteiger partial charge in [0.15, 0.2) is 5.96 Å². The van der Waals surface area contributed by atoms with Crippen LogP contribution in [-0.4, -0.2) is 42.4 Å². The van der Waals surface area contributed by atoms with Gasteiger partial charge in [-0.1, -0.05) is 54.6 Å². The minimum Gasteiger partial charge on any atom is -0.357 e. The molecule has 29 heavy (non-hydrogen) atoms. The van der Waals surface area contributed by atoms with E-state index >= 15 is 0 Å². The van der Waals surface area contributed by atoms with Crippen molar-refractivity contribution in [1.29, 1.82) is 0 Å². The molecule has 1 unspecified atom stereocenters. The molecule has 0 saturated carbocycles. The molecular formula is C24H32N4O. The molecule has 1 aliphatic heterocycles. The van der Waals surface area contributed by atoms with E-state index in [0.29, 0.717) is 12.5 Å². The average molecular weight is 393 g/mol. The third-order valence-corrected chi connectivity index (χ3v) is 5.29. The molecule has 1 heterocycles. The molecule has 2 N–H and O–H groups in total. The number of guanidine groups is 1. The molecule has 5 nitrogen and oxygen atoms in total. The summed E-state index contributed by atoms with van der Waals surface area (Å²) in [7, 11) is 0. The molecule has 0 bridgehead atoms. The molecule has 3 rings (SSSR count). The summed E-state index contributed by atoms with van der Waals surface area (Å²) < 4.78 is 0. The Bertz CT molecular complexity index is 819. The van der Waals surface area contributed by atoms with Gasteiger partial charge in [0.05, 0.1) is 0 Å². The monoisotopic (exact) mass is 392 g/mol. The van der Waals surface area contributed by atoms with Crippen molar-refractivity contribution in [3.05, 3.63) is 71.3 Å². The summed E-state index contributed by atoms with van der Waals surface area (Å²) in [5.74, 6) is 0.785. The van der Waals surface area contributed by atoms with E-state index in [4.69, 9.17) is 0 Å². The quantitative estimate of drug-likeness (QED) is 0.562. The van der Waals surface area contributed by atoms with Crippen LogP contribution in [-0.2, 0) is 24.2 Å². The summed E-state index contributed by atoms with van der Waals surface area (Å²) >= 11 is 0. The summed E-state index contributed by atoms with van der Waals surface area (Å²) in [6, 6.07) is 19.1. The summed E-state index contributed by atoms with van der Waals surface area (Å²) in [6.07, 6.45) is 2.94. The van der Waals surface area contributed by atoms with E-state index < -0.39 is 0 Å². The molecule has 5 heteroatoms. The number of aliphatic imine (C=N–C) groups is 1. The lowest BCUT2D eigenvalue weighted by Crippen LogP contribution is -2.43. The topological polar surface area (TPSA) is 56.7 Å². The molecule has 2 aromatic carbocycles. The second kappa shape index (κ2) is 10.6. The Balaban J connectivity index is 1.51. The van der Waals surface area contributed by atoms with E-state index in [1.165, 1.54) is 16.7 Å². The third-order valence-electron chi connectivity index (χ3n) is 5.29. The largest absolute Gasteiger partial charge is 0.357 e. The Morgan fingerprint density at radius 2 is 1.83 bits per heavy atom. The standard InChI is InChI=1S/C24H32N4O/c1-3-25-24(27-19(2)13-14-20-9-5-4-6-10-20)26-17-23(29)28-16-15-21-11-7-8-12-22(21)18-28/h4-12,19H,3,13-18H2,1-2H3,(H2,25,26,27). The molecule has 0 aliphatic carbocycles. The Kier molecular flexibility index (Phi) is 7.68. The number of carbonyl (C=O) groups is 1. The Morgan fingerprint density at radius 1 is 1.10 bits per heavy atom. The van der Waals surface area contributed by atoms with Crippen LogP contribution in [0.1, 0.15) is 37.0 Å². The van der Waals surface area contributed by atoms with E-state index in [2.05, 4.69) is 65.0 Å². The number of rotatable bonds is 7. The van der Waals surface area contributed by atoms with Gasteiger partial charge in [-0.15, -0.1) is 0 Å². The number of hydrogen-bond donors (Lipinski definition) is 2. The molecule has 2 aromatic rings. The number of hydrogen-bond acceptors (Lipinski definition) is 2. The van der Waals surface area contributed by atoms with Crippen molar-refractivity contribution in [2.45, 2.75) is 45.7 Å². The fourth-order valence-electron chi connectivity index (χ4n) is 3.61. The number of fused-ring (bicyclic) bond motifs is 1. The van der Waals surface area contributed by atoms with Gasteiger partial charge < -0.3 is 15.5 Å². The van der Waals surface area contributed by atoms with Gasteiger partial charge in [0.2, 0.25) is 5.91 Å². The molecule has 0 radical (unpaired) electrons. The maximum Gasteiger partial charge on any atom is 0.244 e. The number of carbonyl (C=O) groups excluding carboxylic acids is 1. The fraction of sp³-hybridized carbons (Fsp3) is 0.417. The van der Waals surface area contributed by atoms with Crippen LogP contribution in [0.2, 0.25) is 0 Å². The first kappa shape index (κ1) is 20.9. The zero-order chi connectivity index (χ0) is 20.5. The first-order chi connectivity index (χ1) is 14.2. The maximum atomic E-state index is 12.7. The van der Waals surface area contributed by atoms with E-state index in [1.54, 1.807) is 0 Å². The number of amides is 1. The van der Waals surface area contributed by atoms with Crippen molar-refractivity contribution in [2.24, 2.45) is 4.99 Å². The van der Waals surface area contributed by atoms with Gasteiger partial charge in [-0.2, -0.15) is 0 Å². The van der Waals surface area contributed by atoms with Gasteiger partial charge in [-0.3, -0.25) is 4.79 Å². The number of nitrogens with zero attached hydrogens (tertiary/aromatic N) is 2. The van der Waals surface area contributed by atoms with Crippen molar-refractivity contribution in [1.82, 2.24) is 15.5 Å². The van der Waals surface area contributed by atoms with Crippen molar-refractivity contribution in [3.8, 4) is 0 Å². The normalized spacial score (nSPS) is 14.8. The lowest BCUT2D eigenvalue weighted by atomic mass is 10.00. The van der Waals surface area contributed by atoms with Crippen LogP contribution in [0.5, 0.6) is 0 Å². The molecule has 0 fully saturated rings. The van der Waals surface area contributed by atoms with Crippen LogP contribution in [0, 0.1) is 0 Å². The van der Waals surface area contributed by atoms with Crippen LogP contribution in [0.25, 0.3) is 0 Å². The molecular weight excluding hydrogens is 360 g/mol. The fourth-order valence-corrected chi connectivity index (χ4v) is 3.61. The van der Waals surface area contributed by atoms with E-state index in [1.807, 2.05) is 24.0 Å². The van der Waals surface area contributed by atoms with Crippen molar-refractivity contribution in [2.75, 3.05) is 19.6 Å². The van der Waals surface area contributed by atoms with Gasteiger partial charge in [0.1, 0.15) is 6.54 Å². The minimum atomic E-state index is 0.0774. The smallest absolute Gasteiger partial charge is 0.244 e. The molecule has 0 saturated heterocycles. The highest BCUT2D eigenvalue weighted by atomic mass is 16.2. The lowest BCUT2D eigenvalue weighted by molar-refractivity contribution is -0.130. The number of aryl methyl sites for hydroxylation is 1. The van der Waals surface area contributed by atoms with Gasteiger partial charge in [0.25, 0.3) is 0 Å². The highest BCUT2D eigenvalue weighted by Crippen LogP contribution is 2.18. The first-order valence-corrected chi connectivity index (χ1v) is 10.6. The minimum absolute atomic E-state index is 0.0774. The van der Waals surface area contributed by atoms with Crippen molar-refractivity contribution in [3.63, 3.8) is 0 Å². The van der Waals surface area contributed by atoms with Crippen LogP contribution in [0.15, 0.2) is 59.6 Å². The molecule has 1 aliphatic rings. The number of nitrogens with one attached hydrogen (secondary N) is 2. The molecule has 0 spiro atoms. The maximum absolute atomic E-state index is 12.7. The van der Waals surface area contributed by atoms with Crippen LogP contribution >= 0.6 is 0 Å². The Morgan fingerprint density at radius 3 is 2.59 bits per heavy atom. The van der Waals surface area contributed by atoms with E-state index in [-0.39, 0.29) is 18.5 Å². The Labute approximate surface area is 174 Å². The van der Waals surface area contributed by atoms with Crippen molar-refractivity contribution < 1.29 is 4.79 Å². The SMILES string of the molecule is CCNC(=NCC(=O)N1CCc2ccccc2C1)NC(C)CCc1ccccc1. The summed E-state index contributed by atoms with van der Waals surface area (Å²) in [6.45, 7) is 6.57. The van der Waals surface area contributed by atoms with Gasteiger partial charge in [-0.05, 0) is 49.8 Å². The first-order valence-electron chi connectivity index (χ1n) is 10.6. The van der Waals surface area contributed by atoms with Gasteiger partial charge >= 0.3 is 0 Å². The van der Waals surface area contributed by atoms with Crippen LogP contribution in [0.4, 0.5) is 0 Å². The number of benzene rings is 2. The highest BCUT2D eigenvalue weighted by molar-refractivity contribution is 5.85. The zero-order valence-electron chi connectivity index (χ0n) is 17.5. The molecule has 154 valence electrons. The molecule has 1 atom stereocenters. The summed E-state index contributed by atoms with van der Waals surface area (Å²) in [4.78, 5) is 19.1. The van der Waals surface area contributed by atoms with E-state index in [0.717, 1.165) is 32.4 Å². The van der Waals surface area contributed by atoms with Gasteiger partial charge in [0, 0.05) is 25.7 Å². The predicted molar refractivity (Wildman–Crippen MR) is 119 cm³/mol. The van der Waals surface area contributed by atoms with Gasteiger partial charge in [-0.25, -0.2) is 4.99 Å². The third kappa shape index (κ3) is 6.34. The average Bonchev–Trinajstić information content (AvgIpc) is 2.76. The van der Waals surface area contributed by atoms with Crippen LogP contribution < -0.4 is 10.6 Å². The van der Waals surface area contributed by atoms with Crippen LogP contribution in [0.3, 0.4) is 0 Å². The summed E-state index contributed by atoms with van der Waals surface area (Å²) in [5, 5.41) is 6.68. The van der Waals surface area contributed by atoms with Crippen molar-refractivity contribution >= 4 is 11.9 Å². The second-order valence-electron chi connectivity index (χ2n) is 7.60. The lowest BCUT2D eigenvalue weighted by Gasteiger charge is -2.28. The summed E-state index contributed by atoms with van der Waals surface area (Å²) in [5.41, 5.74) is 3.93. The highest BCUT2D eigenvalue weighted by Gasteiger charge is 2.20. The molecule has 1 amide bonds.